The average molecular weight is 370 g/mol. The van der Waals surface area contributed by atoms with E-state index in [1.54, 1.807) is 0 Å². The first-order valence-electron chi connectivity index (χ1n) is 10.1. The van der Waals surface area contributed by atoms with Gasteiger partial charge in [0.1, 0.15) is 0 Å². The van der Waals surface area contributed by atoms with Gasteiger partial charge in [-0.3, -0.25) is 10.1 Å². The zero-order chi connectivity index (χ0) is 18.8. The molecule has 2 bridgehead atoms. The fraction of sp³-hybridized carbons (Fsp3) is 0.850. The van der Waals surface area contributed by atoms with Crippen LogP contribution in [0.2, 0.25) is 0 Å². The van der Waals surface area contributed by atoms with Gasteiger partial charge in [-0.05, 0) is 50.4 Å². The molecule has 150 valence electrons. The van der Waals surface area contributed by atoms with Crippen LogP contribution < -0.4 is 0 Å². The Labute approximate surface area is 156 Å². The lowest BCUT2D eigenvalue weighted by Gasteiger charge is -2.30. The number of unbranched alkanes of at least 4 members (excludes halogenated alkanes) is 3. The largest absolute Gasteiger partial charge is 0.481 e. The molecule has 2 rings (SSSR count). The van der Waals surface area contributed by atoms with Crippen LogP contribution in [-0.2, 0) is 19.5 Å². The summed E-state index contributed by atoms with van der Waals surface area (Å²) in [7, 11) is 0. The van der Waals surface area contributed by atoms with E-state index in [0.717, 1.165) is 51.4 Å². The van der Waals surface area contributed by atoms with Crippen LogP contribution in [0.3, 0.4) is 0 Å². The van der Waals surface area contributed by atoms with Gasteiger partial charge in [-0.15, -0.1) is 0 Å². The van der Waals surface area contributed by atoms with Crippen molar-refractivity contribution in [2.24, 2.45) is 11.8 Å². The third-order valence-electron chi connectivity index (χ3n) is 5.71. The van der Waals surface area contributed by atoms with Gasteiger partial charge in [-0.25, -0.2) is 14.7 Å². The van der Waals surface area contributed by atoms with Crippen molar-refractivity contribution >= 4 is 5.97 Å². The minimum absolute atomic E-state index is 0.0891. The van der Waals surface area contributed by atoms with E-state index in [1.165, 1.54) is 6.42 Å². The van der Waals surface area contributed by atoms with E-state index in [0.29, 0.717) is 18.3 Å². The number of aliphatic carboxylic acids is 1. The van der Waals surface area contributed by atoms with Crippen LogP contribution in [0.1, 0.15) is 77.6 Å². The molecule has 1 aliphatic heterocycles. The van der Waals surface area contributed by atoms with E-state index in [4.69, 9.17) is 20.1 Å². The fourth-order valence-corrected chi connectivity index (χ4v) is 4.21. The molecule has 0 aromatic heterocycles. The molecule has 26 heavy (non-hydrogen) atoms. The molecule has 2 aliphatic rings. The van der Waals surface area contributed by atoms with Gasteiger partial charge in [-0.1, -0.05) is 38.3 Å². The zero-order valence-electron chi connectivity index (χ0n) is 15.8. The molecule has 1 saturated heterocycles. The van der Waals surface area contributed by atoms with Gasteiger partial charge in [0.25, 0.3) is 0 Å². The Morgan fingerprint density at radius 1 is 1.15 bits per heavy atom. The minimum Gasteiger partial charge on any atom is -0.481 e. The molecule has 0 spiro atoms. The highest BCUT2D eigenvalue weighted by atomic mass is 17.2. The van der Waals surface area contributed by atoms with E-state index in [2.05, 4.69) is 24.0 Å². The first-order valence-corrected chi connectivity index (χ1v) is 10.1. The lowest BCUT2D eigenvalue weighted by atomic mass is 9.85. The smallest absolute Gasteiger partial charge is 0.303 e. The molecular weight excluding hydrogens is 336 g/mol. The molecule has 1 heterocycles. The maximum Gasteiger partial charge on any atom is 0.303 e. The second kappa shape index (κ2) is 11.7. The molecule has 2 N–H and O–H groups in total. The lowest BCUT2D eigenvalue weighted by Crippen LogP contribution is -2.31. The molecule has 6 heteroatoms. The van der Waals surface area contributed by atoms with Gasteiger partial charge >= 0.3 is 5.97 Å². The van der Waals surface area contributed by atoms with E-state index < -0.39 is 5.97 Å². The van der Waals surface area contributed by atoms with Crippen LogP contribution in [0.15, 0.2) is 12.2 Å². The molecule has 1 aliphatic carbocycles. The number of carboxylic acids is 1. The van der Waals surface area contributed by atoms with Crippen LogP contribution >= 0.6 is 0 Å². The predicted molar refractivity (Wildman–Crippen MR) is 97.5 cm³/mol. The molecule has 1 saturated carbocycles. The van der Waals surface area contributed by atoms with Crippen molar-refractivity contribution in [3.8, 4) is 0 Å². The Kier molecular flexibility index (Phi) is 9.61. The van der Waals surface area contributed by atoms with Crippen molar-refractivity contribution in [2.45, 2.75) is 95.9 Å². The highest BCUT2D eigenvalue weighted by molar-refractivity contribution is 5.66. The summed E-state index contributed by atoms with van der Waals surface area (Å²) >= 11 is 0. The third kappa shape index (κ3) is 6.65. The molecule has 0 amide bonds. The second-order valence-corrected chi connectivity index (χ2v) is 7.63. The summed E-state index contributed by atoms with van der Waals surface area (Å²) in [4.78, 5) is 26.1. The van der Waals surface area contributed by atoms with E-state index in [-0.39, 0.29) is 24.7 Å². The summed E-state index contributed by atoms with van der Waals surface area (Å²) in [5, 5.41) is 17.8. The maximum atomic E-state index is 10.5. The monoisotopic (exact) mass is 370 g/mol. The van der Waals surface area contributed by atoms with Gasteiger partial charge in [-0.2, -0.15) is 0 Å². The molecule has 5 unspecified atom stereocenters. The Balaban J connectivity index is 1.74. The standard InChI is InChI=1S/C20H34O6/c1-2-3-6-9-15(24-23)12-13-17-16(18-14-19(17)26-25-18)10-7-4-5-8-11-20(21)22/h4,7,15-19,23H,2-3,5-6,8-14H2,1H3,(H,21,22)/b7-4+. The SMILES string of the molecule is CCCCCC(CCC1C2CC(OO2)C1C/C=C/CCCC(=O)O)OO. The summed E-state index contributed by atoms with van der Waals surface area (Å²) < 4.78 is 0. The van der Waals surface area contributed by atoms with Crippen LogP contribution in [0.5, 0.6) is 0 Å². The average Bonchev–Trinajstić information content (AvgIpc) is 3.22. The van der Waals surface area contributed by atoms with Crippen molar-refractivity contribution in [1.29, 1.82) is 0 Å². The second-order valence-electron chi connectivity index (χ2n) is 7.63. The van der Waals surface area contributed by atoms with Crippen molar-refractivity contribution in [1.82, 2.24) is 0 Å². The molecule has 0 aromatic rings. The van der Waals surface area contributed by atoms with Crippen LogP contribution in [0.4, 0.5) is 0 Å². The number of hydrogen-bond donors (Lipinski definition) is 2. The highest BCUT2D eigenvalue weighted by Crippen LogP contribution is 2.46. The number of fused-ring (bicyclic) bond motifs is 2. The highest BCUT2D eigenvalue weighted by Gasteiger charge is 2.49. The Hall–Kier alpha value is -0.950. The quantitative estimate of drug-likeness (QED) is 0.199. The minimum atomic E-state index is -0.739. The van der Waals surface area contributed by atoms with Gasteiger partial charge in [0.15, 0.2) is 0 Å². The zero-order valence-corrected chi connectivity index (χ0v) is 15.8. The fourth-order valence-electron chi connectivity index (χ4n) is 4.21. The maximum absolute atomic E-state index is 10.5. The summed E-state index contributed by atoms with van der Waals surface area (Å²) in [6.07, 6.45) is 14.2. The van der Waals surface area contributed by atoms with E-state index >= 15 is 0 Å². The van der Waals surface area contributed by atoms with E-state index in [1.807, 2.05) is 0 Å². The number of carbonyl (C=O) groups is 1. The number of allylic oxidation sites excluding steroid dienone is 2. The lowest BCUT2D eigenvalue weighted by molar-refractivity contribution is -0.342. The van der Waals surface area contributed by atoms with Crippen LogP contribution in [0.25, 0.3) is 0 Å². The first kappa shape index (κ1) is 21.4. The van der Waals surface area contributed by atoms with E-state index in [9.17, 15) is 4.79 Å². The van der Waals surface area contributed by atoms with Crippen molar-refractivity contribution in [3.05, 3.63) is 12.2 Å². The number of rotatable bonds is 14. The third-order valence-corrected chi connectivity index (χ3v) is 5.71. The molecule has 2 fully saturated rings. The predicted octanol–water partition coefficient (Wildman–Crippen LogP) is 4.74. The normalized spacial score (nSPS) is 28.8. The summed E-state index contributed by atoms with van der Waals surface area (Å²) in [5.74, 6) is 0.123. The summed E-state index contributed by atoms with van der Waals surface area (Å²) in [6, 6.07) is 0. The van der Waals surface area contributed by atoms with Gasteiger partial charge in [0, 0.05) is 12.8 Å². The molecular formula is C20H34O6. The summed E-state index contributed by atoms with van der Waals surface area (Å²) in [6.45, 7) is 2.17. The molecule has 0 radical (unpaired) electrons. The molecule has 0 aromatic carbocycles. The van der Waals surface area contributed by atoms with Crippen molar-refractivity contribution in [3.63, 3.8) is 0 Å². The number of hydrogen-bond acceptors (Lipinski definition) is 5. The number of carboxylic acid groups (broad SMARTS) is 1. The molecule has 5 atom stereocenters. The summed E-state index contributed by atoms with van der Waals surface area (Å²) in [5.41, 5.74) is 0. The Morgan fingerprint density at radius 3 is 2.62 bits per heavy atom. The molecule has 6 nitrogen and oxygen atoms in total. The van der Waals surface area contributed by atoms with Crippen molar-refractivity contribution < 1.29 is 29.8 Å². The Bertz CT molecular complexity index is 438. The van der Waals surface area contributed by atoms with Gasteiger partial charge in [0.05, 0.1) is 18.3 Å². The first-order chi connectivity index (χ1) is 12.7. The van der Waals surface area contributed by atoms with Gasteiger partial charge < -0.3 is 5.11 Å². The topological polar surface area (TPSA) is 85.2 Å². The Morgan fingerprint density at radius 2 is 1.92 bits per heavy atom. The van der Waals surface area contributed by atoms with Crippen molar-refractivity contribution in [2.75, 3.05) is 0 Å². The van der Waals surface area contributed by atoms with Crippen LogP contribution in [0, 0.1) is 11.8 Å². The van der Waals surface area contributed by atoms with Crippen LogP contribution in [-0.4, -0.2) is 34.6 Å². The van der Waals surface area contributed by atoms with Gasteiger partial charge in [0.2, 0.25) is 0 Å².